The molecule has 0 rings (SSSR count). The Morgan fingerprint density at radius 2 is 0.912 bits per heavy atom. The third-order valence-electron chi connectivity index (χ3n) is 6.69. The van der Waals surface area contributed by atoms with Crippen LogP contribution in [-0.4, -0.2) is 83.7 Å². The summed E-state index contributed by atoms with van der Waals surface area (Å²) in [5, 5.41) is 28.2. The molecule has 0 heterocycles. The molecule has 0 bridgehead atoms. The second-order valence-electron chi connectivity index (χ2n) is 9.52. The molecule has 0 saturated heterocycles. The second-order valence-corrected chi connectivity index (χ2v) is 9.52. The minimum absolute atomic E-state index is 0. The van der Waals surface area contributed by atoms with Crippen LogP contribution >= 0.6 is 0 Å². The van der Waals surface area contributed by atoms with Gasteiger partial charge in [0.25, 0.3) is 0 Å². The predicted molar refractivity (Wildman–Crippen MR) is 143 cm³/mol. The van der Waals surface area contributed by atoms with Crippen LogP contribution in [0.25, 0.3) is 0 Å². The van der Waals surface area contributed by atoms with Crippen molar-refractivity contribution in [2.24, 2.45) is 0 Å². The summed E-state index contributed by atoms with van der Waals surface area (Å²) in [6.45, 7) is 9.17. The standard InChI is InChI=1S/C27H58N2O3.2FH/c1-3-5-7-9-11-12-14-17-27(18-16-19-28(21-24-30)22-25-31)29(23-26-32)20-15-13-10-8-6-4-2;;/h27,30-32H,3-26H2,1-2H3;2*1H. The SMILES string of the molecule is CCCCCCCCCC(CCCN(CCO)CCO)N(CCO)CCCCCCCC.F.F. The van der Waals surface area contributed by atoms with Crippen LogP contribution in [0.2, 0.25) is 0 Å². The van der Waals surface area contributed by atoms with Gasteiger partial charge in [0.1, 0.15) is 0 Å². The Bertz CT molecular complexity index is 363. The van der Waals surface area contributed by atoms with Crippen molar-refractivity contribution < 1.29 is 24.7 Å². The van der Waals surface area contributed by atoms with Crippen molar-refractivity contribution in [3.05, 3.63) is 0 Å². The summed E-state index contributed by atoms with van der Waals surface area (Å²) >= 11 is 0. The summed E-state index contributed by atoms with van der Waals surface area (Å²) in [6, 6.07) is 0.540. The van der Waals surface area contributed by atoms with Crippen molar-refractivity contribution in [2.75, 3.05) is 52.5 Å². The van der Waals surface area contributed by atoms with Crippen LogP contribution in [0.4, 0.5) is 9.41 Å². The first-order valence-electron chi connectivity index (χ1n) is 14.0. The summed E-state index contributed by atoms with van der Waals surface area (Å²) in [6.07, 6.45) is 20.7. The normalized spacial score (nSPS) is 12.1. The molecule has 1 atom stereocenters. The maximum absolute atomic E-state index is 9.70. The topological polar surface area (TPSA) is 67.2 Å². The molecule has 7 heteroatoms. The summed E-state index contributed by atoms with van der Waals surface area (Å²) in [5.74, 6) is 0. The van der Waals surface area contributed by atoms with Gasteiger partial charge in [-0.05, 0) is 38.8 Å². The summed E-state index contributed by atoms with van der Waals surface area (Å²) in [7, 11) is 0. The highest BCUT2D eigenvalue weighted by molar-refractivity contribution is 4.74. The highest BCUT2D eigenvalue weighted by Crippen LogP contribution is 2.18. The molecule has 0 aliphatic carbocycles. The number of aliphatic hydroxyl groups is 3. The lowest BCUT2D eigenvalue weighted by molar-refractivity contribution is 0.122. The molecule has 0 fully saturated rings. The smallest absolute Gasteiger partial charge is 0.0558 e. The van der Waals surface area contributed by atoms with Gasteiger partial charge in [-0.3, -0.25) is 19.2 Å². The Hall–Kier alpha value is -0.340. The fourth-order valence-electron chi connectivity index (χ4n) is 4.72. The van der Waals surface area contributed by atoms with E-state index in [1.165, 1.54) is 89.9 Å². The second kappa shape index (κ2) is 30.7. The van der Waals surface area contributed by atoms with E-state index in [0.717, 1.165) is 32.5 Å². The first-order chi connectivity index (χ1) is 15.7. The summed E-state index contributed by atoms with van der Waals surface area (Å²) < 4.78 is 0. The van der Waals surface area contributed by atoms with E-state index in [2.05, 4.69) is 23.6 Å². The first-order valence-corrected chi connectivity index (χ1v) is 14.0. The molecular formula is C27H60F2N2O3. The first kappa shape index (κ1) is 38.2. The maximum Gasteiger partial charge on any atom is 0.0558 e. The molecule has 3 N–H and O–H groups in total. The molecule has 0 aliphatic rings. The summed E-state index contributed by atoms with van der Waals surface area (Å²) in [4.78, 5) is 4.72. The Labute approximate surface area is 210 Å². The zero-order chi connectivity index (χ0) is 23.7. The van der Waals surface area contributed by atoms with E-state index < -0.39 is 0 Å². The number of hydrogen-bond acceptors (Lipinski definition) is 5. The van der Waals surface area contributed by atoms with Crippen molar-refractivity contribution >= 4 is 0 Å². The number of halogens is 2. The van der Waals surface area contributed by atoms with Gasteiger partial charge in [0.05, 0.1) is 19.8 Å². The van der Waals surface area contributed by atoms with Crippen molar-refractivity contribution in [3.63, 3.8) is 0 Å². The highest BCUT2D eigenvalue weighted by atomic mass is 19.0. The Kier molecular flexibility index (Phi) is 34.5. The molecule has 0 amide bonds. The van der Waals surface area contributed by atoms with E-state index in [-0.39, 0.29) is 29.2 Å². The van der Waals surface area contributed by atoms with Gasteiger partial charge in [-0.1, -0.05) is 90.9 Å². The van der Waals surface area contributed by atoms with E-state index >= 15 is 0 Å². The summed E-state index contributed by atoms with van der Waals surface area (Å²) in [5.41, 5.74) is 0. The fourth-order valence-corrected chi connectivity index (χ4v) is 4.72. The molecule has 210 valence electrons. The van der Waals surface area contributed by atoms with Gasteiger partial charge < -0.3 is 15.3 Å². The van der Waals surface area contributed by atoms with Crippen LogP contribution in [0, 0.1) is 0 Å². The van der Waals surface area contributed by atoms with Gasteiger partial charge in [0.2, 0.25) is 0 Å². The van der Waals surface area contributed by atoms with Crippen LogP contribution < -0.4 is 0 Å². The van der Waals surface area contributed by atoms with E-state index in [0.29, 0.717) is 19.1 Å². The fraction of sp³-hybridized carbons (Fsp3) is 1.00. The third kappa shape index (κ3) is 23.4. The lowest BCUT2D eigenvalue weighted by Crippen LogP contribution is -2.39. The van der Waals surface area contributed by atoms with Gasteiger partial charge in [0, 0.05) is 25.7 Å². The maximum atomic E-state index is 9.70. The number of rotatable bonds is 26. The van der Waals surface area contributed by atoms with Crippen LogP contribution in [0.15, 0.2) is 0 Å². The number of aliphatic hydroxyl groups excluding tert-OH is 3. The van der Waals surface area contributed by atoms with Crippen molar-refractivity contribution in [3.8, 4) is 0 Å². The molecule has 34 heavy (non-hydrogen) atoms. The van der Waals surface area contributed by atoms with Gasteiger partial charge in [-0.2, -0.15) is 0 Å². The van der Waals surface area contributed by atoms with Gasteiger partial charge >= 0.3 is 0 Å². The van der Waals surface area contributed by atoms with E-state index in [4.69, 9.17) is 0 Å². The Morgan fingerprint density at radius 1 is 0.471 bits per heavy atom. The molecule has 0 aliphatic heterocycles. The number of nitrogens with zero attached hydrogens (tertiary/aromatic N) is 2. The molecule has 0 radical (unpaired) electrons. The largest absolute Gasteiger partial charge is 0.395 e. The van der Waals surface area contributed by atoms with Crippen LogP contribution in [0.1, 0.15) is 117 Å². The van der Waals surface area contributed by atoms with E-state index in [1.54, 1.807) is 0 Å². The van der Waals surface area contributed by atoms with Gasteiger partial charge in [-0.15, -0.1) is 0 Å². The molecular weight excluding hydrogens is 438 g/mol. The van der Waals surface area contributed by atoms with Crippen LogP contribution in [-0.2, 0) is 0 Å². The van der Waals surface area contributed by atoms with E-state index in [1.807, 2.05) is 0 Å². The average Bonchev–Trinajstić information content (AvgIpc) is 2.79. The van der Waals surface area contributed by atoms with Gasteiger partial charge in [0.15, 0.2) is 0 Å². The predicted octanol–water partition coefficient (Wildman–Crippen LogP) is 5.52. The lowest BCUT2D eigenvalue weighted by atomic mass is 9.99. The average molecular weight is 499 g/mol. The molecule has 0 saturated carbocycles. The zero-order valence-corrected chi connectivity index (χ0v) is 22.6. The molecule has 0 aromatic carbocycles. The molecule has 0 aromatic heterocycles. The minimum Gasteiger partial charge on any atom is -0.395 e. The van der Waals surface area contributed by atoms with E-state index in [9.17, 15) is 15.3 Å². The zero-order valence-electron chi connectivity index (χ0n) is 22.6. The van der Waals surface area contributed by atoms with Crippen molar-refractivity contribution in [1.82, 2.24) is 9.80 Å². The number of hydrogen-bond donors (Lipinski definition) is 3. The Morgan fingerprint density at radius 3 is 1.41 bits per heavy atom. The third-order valence-corrected chi connectivity index (χ3v) is 6.69. The molecule has 1 unspecified atom stereocenters. The monoisotopic (exact) mass is 498 g/mol. The lowest BCUT2D eigenvalue weighted by Gasteiger charge is -2.32. The quantitative estimate of drug-likeness (QED) is 0.137. The minimum atomic E-state index is 0. The van der Waals surface area contributed by atoms with Crippen molar-refractivity contribution in [2.45, 2.75) is 123 Å². The number of unbranched alkanes of at least 4 members (excludes halogenated alkanes) is 11. The molecule has 0 spiro atoms. The molecule has 5 nitrogen and oxygen atoms in total. The Balaban J connectivity index is -0.00000480. The van der Waals surface area contributed by atoms with Crippen LogP contribution in [0.3, 0.4) is 0 Å². The highest BCUT2D eigenvalue weighted by Gasteiger charge is 2.18. The van der Waals surface area contributed by atoms with Gasteiger partial charge in [-0.25, -0.2) is 0 Å². The van der Waals surface area contributed by atoms with Crippen molar-refractivity contribution in [1.29, 1.82) is 0 Å². The molecule has 0 aromatic rings. The van der Waals surface area contributed by atoms with Crippen LogP contribution in [0.5, 0.6) is 0 Å².